The third-order valence-corrected chi connectivity index (χ3v) is 3.04. The second-order valence-electron chi connectivity index (χ2n) is 3.10. The number of hydrogen-bond acceptors (Lipinski definition) is 3. The topological polar surface area (TPSA) is 26.3 Å². The summed E-state index contributed by atoms with van der Waals surface area (Å²) in [6, 6.07) is 6.51. The SMILES string of the molecule is COC(=O)/C(=C/c1ccc(Br)cc1)SC(F)(F)F. The third-order valence-electron chi connectivity index (χ3n) is 1.78. The molecule has 0 aliphatic heterocycles. The van der Waals surface area contributed by atoms with Gasteiger partial charge in [-0.15, -0.1) is 0 Å². The standard InChI is InChI=1S/C11H8BrF3O2S/c1-17-10(16)9(18-11(13,14)15)6-7-2-4-8(12)5-3-7/h2-6H,1H3/b9-6-. The fourth-order valence-electron chi connectivity index (χ4n) is 1.07. The fourth-order valence-corrected chi connectivity index (χ4v) is 1.94. The lowest BCUT2D eigenvalue weighted by atomic mass is 10.2. The number of alkyl halides is 3. The summed E-state index contributed by atoms with van der Waals surface area (Å²) in [7, 11) is 1.04. The van der Waals surface area contributed by atoms with Crippen LogP contribution in [0, 0.1) is 0 Å². The summed E-state index contributed by atoms with van der Waals surface area (Å²) in [6.07, 6.45) is 1.14. The van der Waals surface area contributed by atoms with E-state index in [1.807, 2.05) is 0 Å². The summed E-state index contributed by atoms with van der Waals surface area (Å²) in [6.45, 7) is 0. The first kappa shape index (κ1) is 15.1. The summed E-state index contributed by atoms with van der Waals surface area (Å²) >= 11 is 2.71. The van der Waals surface area contributed by atoms with Crippen molar-refractivity contribution in [3.8, 4) is 0 Å². The van der Waals surface area contributed by atoms with Gasteiger partial charge in [0, 0.05) is 4.47 Å². The molecule has 1 aromatic rings. The second kappa shape index (κ2) is 6.29. The Morgan fingerprint density at radius 2 is 1.89 bits per heavy atom. The van der Waals surface area contributed by atoms with Crippen molar-refractivity contribution in [3.05, 3.63) is 39.2 Å². The van der Waals surface area contributed by atoms with E-state index in [1.54, 1.807) is 24.3 Å². The van der Waals surface area contributed by atoms with E-state index in [-0.39, 0.29) is 0 Å². The Labute approximate surface area is 114 Å². The first-order chi connectivity index (χ1) is 8.31. The minimum atomic E-state index is -4.53. The molecule has 98 valence electrons. The molecule has 0 atom stereocenters. The molecule has 0 aliphatic rings. The molecule has 2 nitrogen and oxygen atoms in total. The van der Waals surface area contributed by atoms with Crippen LogP contribution in [0.5, 0.6) is 0 Å². The van der Waals surface area contributed by atoms with E-state index in [2.05, 4.69) is 20.7 Å². The van der Waals surface area contributed by atoms with Crippen molar-refractivity contribution in [2.75, 3.05) is 7.11 Å². The number of halogens is 4. The highest BCUT2D eigenvalue weighted by molar-refractivity contribution is 9.10. The molecule has 1 aromatic carbocycles. The van der Waals surface area contributed by atoms with Crippen molar-refractivity contribution < 1.29 is 22.7 Å². The highest BCUT2D eigenvalue weighted by Gasteiger charge is 2.33. The molecule has 0 unspecified atom stereocenters. The molecule has 0 fully saturated rings. The molecule has 7 heteroatoms. The number of benzene rings is 1. The van der Waals surface area contributed by atoms with Crippen LogP contribution in [0.1, 0.15) is 5.56 Å². The number of methoxy groups -OCH3 is 1. The van der Waals surface area contributed by atoms with Crippen molar-refractivity contribution >= 4 is 39.7 Å². The van der Waals surface area contributed by atoms with Crippen LogP contribution in [0.4, 0.5) is 13.2 Å². The minimum absolute atomic E-state index is 0.482. The van der Waals surface area contributed by atoms with Crippen LogP contribution < -0.4 is 0 Å². The summed E-state index contributed by atoms with van der Waals surface area (Å²) in [5.74, 6) is -1.01. The highest BCUT2D eigenvalue weighted by Crippen LogP contribution is 2.37. The van der Waals surface area contributed by atoms with Gasteiger partial charge in [0.25, 0.3) is 0 Å². The van der Waals surface area contributed by atoms with Gasteiger partial charge in [-0.05, 0) is 35.5 Å². The van der Waals surface area contributed by atoms with Gasteiger partial charge in [-0.2, -0.15) is 13.2 Å². The van der Waals surface area contributed by atoms with Gasteiger partial charge in [-0.3, -0.25) is 0 Å². The van der Waals surface area contributed by atoms with Crippen LogP contribution in [0.25, 0.3) is 6.08 Å². The zero-order valence-corrected chi connectivity index (χ0v) is 11.5. The lowest BCUT2D eigenvalue weighted by molar-refractivity contribution is -0.135. The molecule has 0 bridgehead atoms. The molecule has 0 radical (unpaired) electrons. The van der Waals surface area contributed by atoms with Crippen LogP contribution in [0.15, 0.2) is 33.6 Å². The monoisotopic (exact) mass is 340 g/mol. The summed E-state index contributed by atoms with van der Waals surface area (Å²) < 4.78 is 41.9. The van der Waals surface area contributed by atoms with Crippen LogP contribution in [-0.4, -0.2) is 18.6 Å². The molecule has 0 heterocycles. The Hall–Kier alpha value is -0.950. The molecule has 0 N–H and O–H groups in total. The zero-order valence-electron chi connectivity index (χ0n) is 9.12. The predicted octanol–water partition coefficient (Wildman–Crippen LogP) is 4.22. The molecule has 0 spiro atoms. The molecular formula is C11H8BrF3O2S. The molecule has 18 heavy (non-hydrogen) atoms. The summed E-state index contributed by atoms with van der Waals surface area (Å²) in [5.41, 5.74) is -4.05. The summed E-state index contributed by atoms with van der Waals surface area (Å²) in [5, 5.41) is 0. The number of esters is 1. The van der Waals surface area contributed by atoms with Crippen LogP contribution in [0.3, 0.4) is 0 Å². The number of carbonyl (C=O) groups is 1. The van der Waals surface area contributed by atoms with E-state index in [1.165, 1.54) is 0 Å². The van der Waals surface area contributed by atoms with Crippen molar-refractivity contribution in [2.45, 2.75) is 5.51 Å². The smallest absolute Gasteiger partial charge is 0.446 e. The number of thioether (sulfide) groups is 1. The van der Waals surface area contributed by atoms with Crippen molar-refractivity contribution in [1.29, 1.82) is 0 Å². The minimum Gasteiger partial charge on any atom is -0.465 e. The Morgan fingerprint density at radius 3 is 2.33 bits per heavy atom. The van der Waals surface area contributed by atoms with E-state index >= 15 is 0 Å². The predicted molar refractivity (Wildman–Crippen MR) is 67.8 cm³/mol. The maximum atomic E-state index is 12.3. The van der Waals surface area contributed by atoms with Gasteiger partial charge in [0.15, 0.2) is 0 Å². The molecule has 1 rings (SSSR count). The number of carbonyl (C=O) groups excluding carboxylic acids is 1. The van der Waals surface area contributed by atoms with Gasteiger partial charge in [-0.1, -0.05) is 28.1 Å². The summed E-state index contributed by atoms with van der Waals surface area (Å²) in [4.78, 5) is 10.7. The first-order valence-corrected chi connectivity index (χ1v) is 6.24. The average molecular weight is 341 g/mol. The van der Waals surface area contributed by atoms with Gasteiger partial charge in [0.1, 0.15) is 4.91 Å². The lowest BCUT2D eigenvalue weighted by Gasteiger charge is -2.08. The van der Waals surface area contributed by atoms with Crippen molar-refractivity contribution in [2.24, 2.45) is 0 Å². The van der Waals surface area contributed by atoms with Gasteiger partial charge in [0.2, 0.25) is 0 Å². The number of hydrogen-bond donors (Lipinski definition) is 0. The Kier molecular flexibility index (Phi) is 5.28. The van der Waals surface area contributed by atoms with Gasteiger partial charge >= 0.3 is 11.5 Å². The van der Waals surface area contributed by atoms with E-state index in [4.69, 9.17) is 0 Å². The lowest BCUT2D eigenvalue weighted by Crippen LogP contribution is -2.08. The third kappa shape index (κ3) is 5.14. The van der Waals surface area contributed by atoms with Crippen LogP contribution in [-0.2, 0) is 9.53 Å². The maximum absolute atomic E-state index is 12.3. The van der Waals surface area contributed by atoms with Crippen molar-refractivity contribution in [1.82, 2.24) is 0 Å². The highest BCUT2D eigenvalue weighted by atomic mass is 79.9. The van der Waals surface area contributed by atoms with Gasteiger partial charge < -0.3 is 4.74 Å². The van der Waals surface area contributed by atoms with E-state index in [9.17, 15) is 18.0 Å². The van der Waals surface area contributed by atoms with Gasteiger partial charge in [-0.25, -0.2) is 4.79 Å². The van der Waals surface area contributed by atoms with Crippen molar-refractivity contribution in [3.63, 3.8) is 0 Å². The molecule has 0 aliphatic carbocycles. The maximum Gasteiger partial charge on any atom is 0.446 e. The molecular weight excluding hydrogens is 333 g/mol. The molecule has 0 amide bonds. The van der Waals surface area contributed by atoms with Crippen LogP contribution >= 0.6 is 27.7 Å². The molecule has 0 aromatic heterocycles. The molecule has 0 saturated carbocycles. The normalized spacial score (nSPS) is 12.4. The molecule has 0 saturated heterocycles. The van der Waals surface area contributed by atoms with E-state index < -0.39 is 28.1 Å². The van der Waals surface area contributed by atoms with E-state index in [0.29, 0.717) is 5.56 Å². The fraction of sp³-hybridized carbons (Fsp3) is 0.182. The Balaban J connectivity index is 3.02. The quantitative estimate of drug-likeness (QED) is 0.608. The van der Waals surface area contributed by atoms with Crippen LogP contribution in [0.2, 0.25) is 0 Å². The average Bonchev–Trinajstić information content (AvgIpc) is 2.28. The number of rotatable bonds is 3. The Bertz CT molecular complexity index is 454. The largest absolute Gasteiger partial charge is 0.465 e. The number of ether oxygens (including phenoxy) is 1. The van der Waals surface area contributed by atoms with E-state index in [0.717, 1.165) is 17.7 Å². The van der Waals surface area contributed by atoms with Gasteiger partial charge in [0.05, 0.1) is 7.11 Å². The first-order valence-electron chi connectivity index (χ1n) is 4.63. The Morgan fingerprint density at radius 1 is 1.33 bits per heavy atom. The zero-order chi connectivity index (χ0) is 13.8. The second-order valence-corrected chi connectivity index (χ2v) is 5.12.